The van der Waals surface area contributed by atoms with E-state index in [1.54, 1.807) is 12.3 Å². The standard InChI is InChI=1S/C13H10ClN3/c1-8-9-4-2-3-5-10(9)16-13-12(8)15-7-6-11(14)17-13/h2-8H,1H3. The normalized spacial score (nSPS) is 21.8. The van der Waals surface area contributed by atoms with Crippen LogP contribution in [-0.2, 0) is 0 Å². The Kier molecular flexibility index (Phi) is 2.41. The summed E-state index contributed by atoms with van der Waals surface area (Å²) in [6.45, 7) is 2.11. The fraction of sp³-hybridized carbons (Fsp3) is 0.154. The Morgan fingerprint density at radius 1 is 1.18 bits per heavy atom. The second kappa shape index (κ2) is 3.93. The number of fused-ring (bicyclic) bond motifs is 2. The Labute approximate surface area is 104 Å². The first-order valence-electron chi connectivity index (χ1n) is 5.42. The maximum absolute atomic E-state index is 5.92. The number of aliphatic imine (C=N–C) groups is 3. The number of benzene rings is 1. The molecular weight excluding hydrogens is 234 g/mol. The van der Waals surface area contributed by atoms with Gasteiger partial charge in [-0.15, -0.1) is 0 Å². The summed E-state index contributed by atoms with van der Waals surface area (Å²) in [5, 5.41) is 0.411. The summed E-state index contributed by atoms with van der Waals surface area (Å²) in [6.07, 6.45) is 3.35. The maximum atomic E-state index is 5.92. The highest BCUT2D eigenvalue weighted by atomic mass is 35.5. The van der Waals surface area contributed by atoms with Crippen molar-refractivity contribution in [3.05, 3.63) is 42.1 Å². The average molecular weight is 244 g/mol. The summed E-state index contributed by atoms with van der Waals surface area (Å²) in [4.78, 5) is 13.1. The Hall–Kier alpha value is -1.74. The molecule has 0 radical (unpaired) electrons. The first kappa shape index (κ1) is 10.4. The molecule has 2 aliphatic rings. The van der Waals surface area contributed by atoms with Gasteiger partial charge in [-0.2, -0.15) is 0 Å². The molecule has 84 valence electrons. The summed E-state index contributed by atoms with van der Waals surface area (Å²) >= 11 is 5.92. The molecule has 0 saturated carbocycles. The average Bonchev–Trinajstić information content (AvgIpc) is 2.51. The third-order valence-electron chi connectivity index (χ3n) is 2.91. The van der Waals surface area contributed by atoms with Crippen LogP contribution >= 0.6 is 11.6 Å². The van der Waals surface area contributed by atoms with Crippen LogP contribution in [0.4, 0.5) is 5.69 Å². The molecule has 0 aliphatic carbocycles. The monoisotopic (exact) mass is 243 g/mol. The lowest BCUT2D eigenvalue weighted by molar-refractivity contribution is 1.01. The Morgan fingerprint density at radius 3 is 2.88 bits per heavy atom. The molecular formula is C13H10ClN3. The summed E-state index contributed by atoms with van der Waals surface area (Å²) in [6, 6.07) is 8.04. The van der Waals surface area contributed by atoms with Crippen molar-refractivity contribution in [2.45, 2.75) is 12.8 Å². The third kappa shape index (κ3) is 1.72. The highest BCUT2D eigenvalue weighted by molar-refractivity contribution is 6.70. The zero-order valence-electron chi connectivity index (χ0n) is 9.26. The van der Waals surface area contributed by atoms with Crippen LogP contribution in [0.2, 0.25) is 0 Å². The van der Waals surface area contributed by atoms with E-state index < -0.39 is 0 Å². The summed E-state index contributed by atoms with van der Waals surface area (Å²) in [5.74, 6) is 0.806. The van der Waals surface area contributed by atoms with Crippen molar-refractivity contribution in [2.24, 2.45) is 15.0 Å². The van der Waals surface area contributed by atoms with E-state index in [4.69, 9.17) is 11.6 Å². The van der Waals surface area contributed by atoms with E-state index in [9.17, 15) is 0 Å². The lowest BCUT2D eigenvalue weighted by atomic mass is 9.91. The van der Waals surface area contributed by atoms with E-state index in [0.29, 0.717) is 11.0 Å². The molecule has 3 nitrogen and oxygen atoms in total. The van der Waals surface area contributed by atoms with Crippen LogP contribution in [0.1, 0.15) is 18.4 Å². The van der Waals surface area contributed by atoms with Gasteiger partial charge in [-0.25, -0.2) is 9.98 Å². The number of para-hydroxylation sites is 1. The van der Waals surface area contributed by atoms with Crippen molar-refractivity contribution < 1.29 is 0 Å². The number of hydrogen-bond acceptors (Lipinski definition) is 3. The minimum atomic E-state index is 0.190. The van der Waals surface area contributed by atoms with Crippen molar-refractivity contribution in [2.75, 3.05) is 0 Å². The van der Waals surface area contributed by atoms with Gasteiger partial charge in [0.05, 0.1) is 11.4 Å². The van der Waals surface area contributed by atoms with Crippen LogP contribution in [-0.4, -0.2) is 16.7 Å². The minimum absolute atomic E-state index is 0.190. The topological polar surface area (TPSA) is 37.1 Å². The van der Waals surface area contributed by atoms with Crippen LogP contribution in [0.3, 0.4) is 0 Å². The first-order valence-corrected chi connectivity index (χ1v) is 5.80. The van der Waals surface area contributed by atoms with Gasteiger partial charge < -0.3 is 0 Å². The summed E-state index contributed by atoms with van der Waals surface area (Å²) < 4.78 is 0. The molecule has 0 aromatic heterocycles. The highest BCUT2D eigenvalue weighted by Crippen LogP contribution is 2.33. The van der Waals surface area contributed by atoms with Crippen molar-refractivity contribution >= 4 is 34.0 Å². The fourth-order valence-electron chi connectivity index (χ4n) is 2.04. The van der Waals surface area contributed by atoms with Crippen LogP contribution in [0, 0.1) is 0 Å². The number of halogens is 1. The molecule has 3 rings (SSSR count). The molecule has 1 unspecified atom stereocenters. The molecule has 0 saturated heterocycles. The number of allylic oxidation sites excluding steroid dienone is 1. The zero-order chi connectivity index (χ0) is 11.8. The van der Waals surface area contributed by atoms with Crippen molar-refractivity contribution in [3.63, 3.8) is 0 Å². The van der Waals surface area contributed by atoms with Gasteiger partial charge in [0, 0.05) is 12.1 Å². The van der Waals surface area contributed by atoms with Gasteiger partial charge in [0.15, 0.2) is 5.84 Å². The second-order valence-corrected chi connectivity index (χ2v) is 4.37. The van der Waals surface area contributed by atoms with Crippen LogP contribution in [0.5, 0.6) is 0 Å². The quantitative estimate of drug-likeness (QED) is 0.670. The fourth-order valence-corrected chi connectivity index (χ4v) is 2.17. The van der Waals surface area contributed by atoms with Gasteiger partial charge >= 0.3 is 0 Å². The molecule has 0 bridgehead atoms. The van der Waals surface area contributed by atoms with Crippen LogP contribution in [0.15, 0.2) is 51.5 Å². The highest BCUT2D eigenvalue weighted by Gasteiger charge is 2.26. The van der Waals surface area contributed by atoms with Gasteiger partial charge in [0.1, 0.15) is 5.17 Å². The van der Waals surface area contributed by atoms with Gasteiger partial charge in [-0.1, -0.05) is 36.7 Å². The molecule has 1 aromatic rings. The molecule has 0 fully saturated rings. The van der Waals surface area contributed by atoms with E-state index in [1.807, 2.05) is 18.2 Å². The van der Waals surface area contributed by atoms with Gasteiger partial charge in [0.2, 0.25) is 0 Å². The maximum Gasteiger partial charge on any atom is 0.176 e. The lowest BCUT2D eigenvalue weighted by Crippen LogP contribution is -2.22. The molecule has 4 heteroatoms. The molecule has 0 N–H and O–H groups in total. The number of rotatable bonds is 0. The van der Waals surface area contributed by atoms with E-state index >= 15 is 0 Å². The van der Waals surface area contributed by atoms with E-state index in [1.165, 1.54) is 5.56 Å². The van der Waals surface area contributed by atoms with E-state index in [0.717, 1.165) is 11.4 Å². The molecule has 0 amide bonds. The summed E-state index contributed by atoms with van der Waals surface area (Å²) in [5.41, 5.74) is 3.00. The lowest BCUT2D eigenvalue weighted by Gasteiger charge is -2.20. The predicted molar refractivity (Wildman–Crippen MR) is 71.8 cm³/mol. The second-order valence-electron chi connectivity index (χ2n) is 3.98. The van der Waals surface area contributed by atoms with Gasteiger partial charge in [-0.3, -0.25) is 4.99 Å². The van der Waals surface area contributed by atoms with Crippen molar-refractivity contribution in [1.82, 2.24) is 0 Å². The van der Waals surface area contributed by atoms with Crippen molar-refractivity contribution in [1.29, 1.82) is 0 Å². The Morgan fingerprint density at radius 2 is 2.00 bits per heavy atom. The van der Waals surface area contributed by atoms with Gasteiger partial charge in [0.25, 0.3) is 0 Å². The van der Waals surface area contributed by atoms with Crippen LogP contribution < -0.4 is 0 Å². The van der Waals surface area contributed by atoms with E-state index in [2.05, 4.69) is 28.0 Å². The third-order valence-corrected chi connectivity index (χ3v) is 3.12. The van der Waals surface area contributed by atoms with Crippen molar-refractivity contribution in [3.8, 4) is 0 Å². The molecule has 0 spiro atoms. The molecule has 1 atom stereocenters. The molecule has 2 heterocycles. The number of nitrogens with zero attached hydrogens (tertiary/aromatic N) is 3. The largest absolute Gasteiger partial charge is 0.257 e. The molecule has 17 heavy (non-hydrogen) atoms. The smallest absolute Gasteiger partial charge is 0.176 e. The molecule has 2 aliphatic heterocycles. The minimum Gasteiger partial charge on any atom is -0.257 e. The first-order chi connectivity index (χ1) is 8.25. The van der Waals surface area contributed by atoms with Gasteiger partial charge in [-0.05, 0) is 17.7 Å². The Balaban J connectivity index is 2.23. The van der Waals surface area contributed by atoms with E-state index in [-0.39, 0.29) is 5.92 Å². The SMILES string of the molecule is CC1C2=NC=CC(Cl)=NC2=Nc2ccccc21. The van der Waals surface area contributed by atoms with Crippen LogP contribution in [0.25, 0.3) is 0 Å². The molecule has 1 aromatic carbocycles. The summed E-state index contributed by atoms with van der Waals surface area (Å²) in [7, 11) is 0. The number of amidine groups is 1. The number of hydrogen-bond donors (Lipinski definition) is 0. The zero-order valence-corrected chi connectivity index (χ0v) is 10.0. The predicted octanol–water partition coefficient (Wildman–Crippen LogP) is 3.44. The Bertz CT molecular complexity index is 596.